The van der Waals surface area contributed by atoms with Gasteiger partial charge in [0.25, 0.3) is 20.2 Å². The van der Waals surface area contributed by atoms with Gasteiger partial charge in [-0.2, -0.15) is 16.8 Å². The Morgan fingerprint density at radius 1 is 0.906 bits per heavy atom. The molecule has 3 atom stereocenters. The smallest absolute Gasteiger partial charge is 0.264 e. The van der Waals surface area contributed by atoms with Gasteiger partial charge in [-0.15, -0.1) is 0 Å². The first kappa shape index (κ1) is 25.3. The second-order valence-electron chi connectivity index (χ2n) is 8.16. The molecule has 0 radical (unpaired) electrons. The zero-order valence-corrected chi connectivity index (χ0v) is 20.1. The minimum absolute atomic E-state index is 0.0878. The highest BCUT2D eigenvalue weighted by molar-refractivity contribution is 7.86. The summed E-state index contributed by atoms with van der Waals surface area (Å²) in [7, 11) is -6.21. The third-order valence-electron chi connectivity index (χ3n) is 4.88. The van der Waals surface area contributed by atoms with Crippen molar-refractivity contribution in [2.24, 2.45) is 0 Å². The number of methoxy groups -OCH3 is 1. The zero-order chi connectivity index (χ0) is 23.8. The maximum atomic E-state index is 11.7. The van der Waals surface area contributed by atoms with Crippen LogP contribution in [-0.2, 0) is 54.2 Å². The number of ether oxygens (including phenoxy) is 5. The number of benzene rings is 1. The molecule has 2 heterocycles. The SMILES string of the molecule is COc1ccc(CO[C@@H]2C3OC(C)(C)O[C@@H]3OC2(COS(C)(=O)=O)COS(C)(=O)=O)cc1. The molecule has 1 aromatic carbocycles. The first-order valence-electron chi connectivity index (χ1n) is 9.69. The summed E-state index contributed by atoms with van der Waals surface area (Å²) in [6.45, 7) is 2.35. The first-order valence-corrected chi connectivity index (χ1v) is 13.3. The molecule has 1 unspecified atom stereocenters. The van der Waals surface area contributed by atoms with E-state index in [9.17, 15) is 16.8 Å². The molecule has 0 aliphatic carbocycles. The van der Waals surface area contributed by atoms with E-state index in [1.54, 1.807) is 45.2 Å². The first-order chi connectivity index (χ1) is 14.7. The van der Waals surface area contributed by atoms with Gasteiger partial charge in [0.05, 0.1) is 26.2 Å². The van der Waals surface area contributed by atoms with Crippen LogP contribution in [0.5, 0.6) is 5.75 Å². The minimum atomic E-state index is -3.88. The predicted molar refractivity (Wildman–Crippen MR) is 111 cm³/mol. The highest BCUT2D eigenvalue weighted by Gasteiger charge is 2.63. The van der Waals surface area contributed by atoms with Gasteiger partial charge >= 0.3 is 0 Å². The van der Waals surface area contributed by atoms with Crippen LogP contribution in [-0.4, -0.2) is 79.6 Å². The predicted octanol–water partition coefficient (Wildman–Crippen LogP) is 0.779. The van der Waals surface area contributed by atoms with Gasteiger partial charge in [-0.05, 0) is 31.5 Å². The average Bonchev–Trinajstić information content (AvgIpc) is 3.11. The summed E-state index contributed by atoms with van der Waals surface area (Å²) in [5, 5.41) is 0. The average molecular weight is 497 g/mol. The number of rotatable bonds is 10. The molecule has 2 aliphatic rings. The molecule has 1 aromatic rings. The summed E-state index contributed by atoms with van der Waals surface area (Å²) >= 11 is 0. The van der Waals surface area contributed by atoms with Crippen molar-refractivity contribution in [1.29, 1.82) is 0 Å². The topological polar surface area (TPSA) is 133 Å². The van der Waals surface area contributed by atoms with Crippen molar-refractivity contribution < 1.29 is 48.9 Å². The Kier molecular flexibility index (Phi) is 7.23. The van der Waals surface area contributed by atoms with Crippen LogP contribution in [0.2, 0.25) is 0 Å². The van der Waals surface area contributed by atoms with Gasteiger partial charge < -0.3 is 23.7 Å². The summed E-state index contributed by atoms with van der Waals surface area (Å²) in [4.78, 5) is 0. The van der Waals surface area contributed by atoms with Gasteiger partial charge in [0.2, 0.25) is 0 Å². The standard InChI is InChI=1S/C19H28O11S2/c1-18(2)28-15-16(25-10-13-6-8-14(24-3)9-7-13)19(30-17(15)29-18,11-26-31(4,20)21)12-27-32(5,22)23/h6-9,15-17H,10-12H2,1-5H3/t15?,16-,17-/m1/s1. The fourth-order valence-electron chi connectivity index (χ4n) is 3.49. The molecule has 3 rings (SSSR count). The van der Waals surface area contributed by atoms with Crippen LogP contribution in [0, 0.1) is 0 Å². The van der Waals surface area contributed by atoms with Crippen LogP contribution in [0.15, 0.2) is 24.3 Å². The summed E-state index contributed by atoms with van der Waals surface area (Å²) in [6, 6.07) is 7.11. The summed E-state index contributed by atoms with van der Waals surface area (Å²) in [5.41, 5.74) is -0.848. The van der Waals surface area contributed by atoms with E-state index >= 15 is 0 Å². The highest BCUT2D eigenvalue weighted by atomic mass is 32.2. The largest absolute Gasteiger partial charge is 0.497 e. The fraction of sp³-hybridized carbons (Fsp3) is 0.684. The van der Waals surface area contributed by atoms with E-state index in [2.05, 4.69) is 0 Å². The molecule has 182 valence electrons. The second kappa shape index (κ2) is 9.14. The maximum Gasteiger partial charge on any atom is 0.264 e. The third-order valence-corrected chi connectivity index (χ3v) is 5.97. The van der Waals surface area contributed by atoms with Crippen molar-refractivity contribution in [3.8, 4) is 5.75 Å². The van der Waals surface area contributed by atoms with Crippen LogP contribution in [0.25, 0.3) is 0 Å². The number of hydrogen-bond acceptors (Lipinski definition) is 11. The fourth-order valence-corrected chi connectivity index (χ4v) is 4.32. The Labute approximate surface area is 188 Å². The minimum Gasteiger partial charge on any atom is -0.497 e. The van der Waals surface area contributed by atoms with Crippen LogP contribution in [0.4, 0.5) is 0 Å². The lowest BCUT2D eigenvalue weighted by molar-refractivity contribution is -0.254. The summed E-state index contributed by atoms with van der Waals surface area (Å²) in [6.07, 6.45) is -0.958. The molecular weight excluding hydrogens is 468 g/mol. The Morgan fingerprint density at radius 3 is 1.97 bits per heavy atom. The maximum absolute atomic E-state index is 11.7. The lowest BCUT2D eigenvalue weighted by atomic mass is 9.97. The molecule has 2 fully saturated rings. The molecule has 0 N–H and O–H groups in total. The van der Waals surface area contributed by atoms with Gasteiger partial charge in [-0.1, -0.05) is 12.1 Å². The summed E-state index contributed by atoms with van der Waals surface area (Å²) < 4.78 is 85.5. The lowest BCUT2D eigenvalue weighted by Crippen LogP contribution is -2.53. The molecule has 32 heavy (non-hydrogen) atoms. The Hall–Kier alpha value is -1.32. The number of fused-ring (bicyclic) bond motifs is 1. The van der Waals surface area contributed by atoms with E-state index in [0.717, 1.165) is 18.1 Å². The lowest BCUT2D eigenvalue weighted by Gasteiger charge is -2.35. The molecule has 2 saturated heterocycles. The molecule has 13 heteroatoms. The van der Waals surface area contributed by atoms with Crippen LogP contribution >= 0.6 is 0 Å². The Balaban J connectivity index is 1.89. The van der Waals surface area contributed by atoms with Crippen molar-refractivity contribution in [3.63, 3.8) is 0 Å². The quantitative estimate of drug-likeness (QED) is 0.426. The molecule has 0 spiro atoms. The van der Waals surface area contributed by atoms with Crippen molar-refractivity contribution in [1.82, 2.24) is 0 Å². The normalized spacial score (nSPS) is 26.7. The van der Waals surface area contributed by atoms with Crippen molar-refractivity contribution in [2.45, 2.75) is 50.3 Å². The van der Waals surface area contributed by atoms with Gasteiger partial charge in [-0.25, -0.2) is 0 Å². The Morgan fingerprint density at radius 2 is 1.47 bits per heavy atom. The molecule has 0 saturated carbocycles. The summed E-state index contributed by atoms with van der Waals surface area (Å²) in [5.74, 6) is -0.316. The van der Waals surface area contributed by atoms with E-state index in [-0.39, 0.29) is 6.61 Å². The van der Waals surface area contributed by atoms with E-state index in [4.69, 9.17) is 32.1 Å². The zero-order valence-electron chi connectivity index (χ0n) is 18.5. The van der Waals surface area contributed by atoms with E-state index in [1.165, 1.54) is 0 Å². The molecule has 0 bridgehead atoms. The molecular formula is C19H28O11S2. The molecule has 11 nitrogen and oxygen atoms in total. The van der Waals surface area contributed by atoms with Crippen LogP contribution in [0.3, 0.4) is 0 Å². The van der Waals surface area contributed by atoms with Gasteiger partial charge in [-0.3, -0.25) is 8.37 Å². The van der Waals surface area contributed by atoms with E-state index in [0.29, 0.717) is 5.75 Å². The van der Waals surface area contributed by atoms with E-state index < -0.39 is 63.3 Å². The second-order valence-corrected chi connectivity index (χ2v) is 11.5. The van der Waals surface area contributed by atoms with Gasteiger partial charge in [0, 0.05) is 0 Å². The number of hydrogen-bond donors (Lipinski definition) is 0. The van der Waals surface area contributed by atoms with Gasteiger partial charge in [0.1, 0.15) is 36.8 Å². The van der Waals surface area contributed by atoms with Gasteiger partial charge in [0.15, 0.2) is 12.1 Å². The van der Waals surface area contributed by atoms with Crippen LogP contribution in [0.1, 0.15) is 19.4 Å². The highest BCUT2D eigenvalue weighted by Crippen LogP contribution is 2.44. The van der Waals surface area contributed by atoms with Crippen molar-refractivity contribution in [2.75, 3.05) is 32.8 Å². The molecule has 2 aliphatic heterocycles. The van der Waals surface area contributed by atoms with Crippen LogP contribution < -0.4 is 4.74 Å². The molecule has 0 aromatic heterocycles. The monoisotopic (exact) mass is 496 g/mol. The Bertz CT molecular complexity index is 966. The van der Waals surface area contributed by atoms with Crippen molar-refractivity contribution in [3.05, 3.63) is 29.8 Å². The third kappa shape index (κ3) is 6.38. The van der Waals surface area contributed by atoms with Crippen molar-refractivity contribution >= 4 is 20.2 Å². The van der Waals surface area contributed by atoms with E-state index in [1.807, 2.05) is 0 Å². The molecule has 0 amide bonds.